The van der Waals surface area contributed by atoms with Crippen LogP contribution in [0.15, 0.2) is 31.2 Å². The fourth-order valence-corrected chi connectivity index (χ4v) is 1.30. The van der Waals surface area contributed by atoms with Crippen molar-refractivity contribution in [1.29, 1.82) is 0 Å². The van der Waals surface area contributed by atoms with E-state index < -0.39 is 0 Å². The molecule has 0 fully saturated rings. The van der Waals surface area contributed by atoms with E-state index in [0.29, 0.717) is 23.9 Å². The van der Waals surface area contributed by atoms with E-state index in [9.17, 15) is 4.79 Å². The molecular weight excluding hydrogens is 232 g/mol. The summed E-state index contributed by atoms with van der Waals surface area (Å²) in [6, 6.07) is 0. The van der Waals surface area contributed by atoms with Gasteiger partial charge in [0, 0.05) is 18.9 Å². The smallest absolute Gasteiger partial charge is 0.227 e. The summed E-state index contributed by atoms with van der Waals surface area (Å²) in [5.74, 6) is 0.767. The molecule has 0 radical (unpaired) electrons. The Hall–Kier alpha value is -2.57. The van der Waals surface area contributed by atoms with Gasteiger partial charge < -0.3 is 5.32 Å². The zero-order valence-corrected chi connectivity index (χ0v) is 9.63. The Morgan fingerprint density at radius 2 is 2.39 bits per heavy atom. The summed E-state index contributed by atoms with van der Waals surface area (Å²) >= 11 is 0. The minimum Gasteiger partial charge on any atom is -0.352 e. The third-order valence-corrected chi connectivity index (χ3v) is 2.10. The van der Waals surface area contributed by atoms with Gasteiger partial charge in [-0.1, -0.05) is 6.08 Å². The van der Waals surface area contributed by atoms with Gasteiger partial charge in [-0.05, 0) is 0 Å². The molecule has 0 bridgehead atoms. The number of carbonyl (C=O) groups is 1. The van der Waals surface area contributed by atoms with Crippen LogP contribution in [0.25, 0.3) is 11.5 Å². The number of carbonyl (C=O) groups excluding carboxylic acids is 1. The summed E-state index contributed by atoms with van der Waals surface area (Å²) in [6.07, 6.45) is 6.44. The highest BCUT2D eigenvalue weighted by atomic mass is 16.1. The average Bonchev–Trinajstić information content (AvgIpc) is 2.86. The zero-order valence-electron chi connectivity index (χ0n) is 9.63. The van der Waals surface area contributed by atoms with Crippen molar-refractivity contribution >= 4 is 5.91 Å². The van der Waals surface area contributed by atoms with E-state index in [1.807, 2.05) is 0 Å². The monoisotopic (exact) mass is 244 g/mol. The van der Waals surface area contributed by atoms with E-state index in [-0.39, 0.29) is 12.3 Å². The Morgan fingerprint density at radius 1 is 1.50 bits per heavy atom. The molecular formula is C11H12N6O. The van der Waals surface area contributed by atoms with Crippen LogP contribution in [0, 0.1) is 0 Å². The third kappa shape index (κ3) is 2.97. The standard InChI is InChI=1S/C11H12N6O/c1-2-3-14-10(18)6-9-15-11(17-16-9)8-7-12-4-5-13-8/h2,4-5,7H,1,3,6H2,(H,14,18)(H,15,16,17). The molecule has 2 rings (SSSR count). The molecule has 92 valence electrons. The number of H-pyrrole nitrogens is 1. The number of hydrogen-bond donors (Lipinski definition) is 2. The first kappa shape index (κ1) is 11.9. The second-order valence-corrected chi connectivity index (χ2v) is 3.47. The predicted molar refractivity (Wildman–Crippen MR) is 64.3 cm³/mol. The third-order valence-electron chi connectivity index (χ3n) is 2.10. The highest BCUT2D eigenvalue weighted by molar-refractivity contribution is 5.77. The predicted octanol–water partition coefficient (Wildman–Crippen LogP) is 0.106. The molecule has 0 aromatic carbocycles. The molecule has 2 heterocycles. The Labute approximate surface area is 103 Å². The Morgan fingerprint density at radius 3 is 3.11 bits per heavy atom. The highest BCUT2D eigenvalue weighted by Crippen LogP contribution is 2.08. The van der Waals surface area contributed by atoms with E-state index in [2.05, 4.69) is 37.0 Å². The minimum atomic E-state index is -0.142. The van der Waals surface area contributed by atoms with Gasteiger partial charge in [0.05, 0.1) is 12.6 Å². The molecule has 7 nitrogen and oxygen atoms in total. The van der Waals surface area contributed by atoms with Crippen LogP contribution in [0.1, 0.15) is 5.82 Å². The lowest BCUT2D eigenvalue weighted by Gasteiger charge is -1.98. The van der Waals surface area contributed by atoms with Crippen LogP contribution < -0.4 is 5.32 Å². The lowest BCUT2D eigenvalue weighted by atomic mass is 10.3. The largest absolute Gasteiger partial charge is 0.352 e. The molecule has 1 amide bonds. The summed E-state index contributed by atoms with van der Waals surface area (Å²) in [6.45, 7) is 3.95. The SMILES string of the molecule is C=CCNC(=O)Cc1nc(-c2cnccn2)n[nH]1. The molecule has 0 aliphatic rings. The normalized spacial score (nSPS) is 10.0. The van der Waals surface area contributed by atoms with Crippen molar-refractivity contribution in [3.63, 3.8) is 0 Å². The van der Waals surface area contributed by atoms with Crippen molar-refractivity contribution in [2.75, 3.05) is 6.54 Å². The second-order valence-electron chi connectivity index (χ2n) is 3.47. The first-order chi connectivity index (χ1) is 8.79. The molecule has 0 saturated heterocycles. The van der Waals surface area contributed by atoms with E-state index in [1.165, 1.54) is 0 Å². The molecule has 18 heavy (non-hydrogen) atoms. The molecule has 2 aromatic rings. The van der Waals surface area contributed by atoms with Gasteiger partial charge in [0.25, 0.3) is 0 Å². The number of aromatic nitrogens is 5. The van der Waals surface area contributed by atoms with Crippen LogP contribution >= 0.6 is 0 Å². The van der Waals surface area contributed by atoms with Gasteiger partial charge in [0.2, 0.25) is 11.7 Å². The molecule has 0 saturated carbocycles. The fraction of sp³-hybridized carbons (Fsp3) is 0.182. The van der Waals surface area contributed by atoms with Crippen LogP contribution in [0.5, 0.6) is 0 Å². The van der Waals surface area contributed by atoms with Crippen molar-refractivity contribution in [3.8, 4) is 11.5 Å². The topological polar surface area (TPSA) is 96.5 Å². The molecule has 0 aliphatic heterocycles. The Balaban J connectivity index is 2.02. The maximum Gasteiger partial charge on any atom is 0.227 e. The van der Waals surface area contributed by atoms with Crippen molar-refractivity contribution in [1.82, 2.24) is 30.5 Å². The summed E-state index contributed by atoms with van der Waals surface area (Å²) in [7, 11) is 0. The summed E-state index contributed by atoms with van der Waals surface area (Å²) in [4.78, 5) is 23.6. The van der Waals surface area contributed by atoms with Crippen LogP contribution in [-0.2, 0) is 11.2 Å². The van der Waals surface area contributed by atoms with Gasteiger partial charge >= 0.3 is 0 Å². The fourth-order valence-electron chi connectivity index (χ4n) is 1.30. The number of nitrogens with zero attached hydrogens (tertiary/aromatic N) is 4. The second kappa shape index (κ2) is 5.67. The van der Waals surface area contributed by atoms with Gasteiger partial charge in [-0.25, -0.2) is 9.97 Å². The highest BCUT2D eigenvalue weighted by Gasteiger charge is 2.09. The number of rotatable bonds is 5. The van der Waals surface area contributed by atoms with Crippen LogP contribution in [0.4, 0.5) is 0 Å². The first-order valence-electron chi connectivity index (χ1n) is 5.35. The lowest BCUT2D eigenvalue weighted by molar-refractivity contribution is -0.120. The van der Waals surface area contributed by atoms with E-state index >= 15 is 0 Å². The van der Waals surface area contributed by atoms with Crippen molar-refractivity contribution in [2.24, 2.45) is 0 Å². The quantitative estimate of drug-likeness (QED) is 0.727. The van der Waals surface area contributed by atoms with Gasteiger partial charge in [-0.2, -0.15) is 5.10 Å². The minimum absolute atomic E-state index is 0.140. The molecule has 0 unspecified atom stereocenters. The van der Waals surface area contributed by atoms with E-state index in [4.69, 9.17) is 0 Å². The van der Waals surface area contributed by atoms with Gasteiger partial charge in [0.15, 0.2) is 0 Å². The molecule has 0 aliphatic carbocycles. The molecule has 2 N–H and O–H groups in total. The van der Waals surface area contributed by atoms with E-state index in [1.54, 1.807) is 24.7 Å². The van der Waals surface area contributed by atoms with Gasteiger partial charge in [-0.3, -0.25) is 14.9 Å². The van der Waals surface area contributed by atoms with Crippen molar-refractivity contribution in [3.05, 3.63) is 37.1 Å². The maximum absolute atomic E-state index is 11.4. The molecule has 7 heteroatoms. The number of hydrogen-bond acceptors (Lipinski definition) is 5. The van der Waals surface area contributed by atoms with Crippen molar-refractivity contribution < 1.29 is 4.79 Å². The number of amides is 1. The molecule has 2 aromatic heterocycles. The summed E-state index contributed by atoms with van der Waals surface area (Å²) in [5.41, 5.74) is 0.562. The zero-order chi connectivity index (χ0) is 12.8. The summed E-state index contributed by atoms with van der Waals surface area (Å²) < 4.78 is 0. The number of aromatic amines is 1. The maximum atomic E-state index is 11.4. The number of nitrogens with one attached hydrogen (secondary N) is 2. The van der Waals surface area contributed by atoms with Gasteiger partial charge in [-0.15, -0.1) is 6.58 Å². The van der Waals surface area contributed by atoms with Gasteiger partial charge in [0.1, 0.15) is 11.5 Å². The first-order valence-corrected chi connectivity index (χ1v) is 5.35. The van der Waals surface area contributed by atoms with Crippen molar-refractivity contribution in [2.45, 2.75) is 6.42 Å². The molecule has 0 atom stereocenters. The van der Waals surface area contributed by atoms with Crippen LogP contribution in [-0.4, -0.2) is 37.6 Å². The summed E-state index contributed by atoms with van der Waals surface area (Å²) in [5, 5.41) is 9.33. The van der Waals surface area contributed by atoms with E-state index in [0.717, 1.165) is 0 Å². The molecule has 0 spiro atoms. The average molecular weight is 244 g/mol. The lowest BCUT2D eigenvalue weighted by Crippen LogP contribution is -2.25. The Bertz CT molecular complexity index is 535. The van der Waals surface area contributed by atoms with Crippen LogP contribution in [0.2, 0.25) is 0 Å². The van der Waals surface area contributed by atoms with Crippen LogP contribution in [0.3, 0.4) is 0 Å². The Kier molecular flexibility index (Phi) is 3.75.